The zero-order valence-corrected chi connectivity index (χ0v) is 25.5. The summed E-state index contributed by atoms with van der Waals surface area (Å²) < 4.78 is 2.37. The van der Waals surface area contributed by atoms with Crippen LogP contribution in [0.5, 0.6) is 0 Å². The lowest BCUT2D eigenvalue weighted by atomic mass is 9.70. The molecule has 1 aliphatic heterocycles. The molecule has 0 saturated carbocycles. The molecule has 0 amide bonds. The Balaban J connectivity index is 1.11. The molecule has 1 aromatic heterocycles. The van der Waals surface area contributed by atoms with Crippen LogP contribution >= 0.6 is 0 Å². The number of nitrogens with zero attached hydrogens (tertiary/aromatic N) is 2. The first-order valence-corrected chi connectivity index (χ1v) is 16.0. The molecule has 216 valence electrons. The van der Waals surface area contributed by atoms with E-state index in [1.807, 2.05) is 0 Å². The Morgan fingerprint density at radius 1 is 0.435 bits per heavy atom. The van der Waals surface area contributed by atoms with Crippen molar-refractivity contribution in [2.45, 2.75) is 12.3 Å². The van der Waals surface area contributed by atoms with E-state index in [0.29, 0.717) is 0 Å². The van der Waals surface area contributed by atoms with Gasteiger partial charge in [0.15, 0.2) is 0 Å². The van der Waals surface area contributed by atoms with Crippen molar-refractivity contribution in [1.29, 1.82) is 0 Å². The molecule has 0 spiro atoms. The summed E-state index contributed by atoms with van der Waals surface area (Å²) in [6, 6.07) is 60.1. The van der Waals surface area contributed by atoms with E-state index in [-0.39, 0.29) is 5.41 Å². The van der Waals surface area contributed by atoms with E-state index in [0.717, 1.165) is 0 Å². The van der Waals surface area contributed by atoms with Crippen LogP contribution in [-0.4, -0.2) is 4.57 Å². The minimum Gasteiger partial charge on any atom is -0.310 e. The number of anilines is 3. The van der Waals surface area contributed by atoms with E-state index in [1.165, 1.54) is 83.5 Å². The third kappa shape index (κ3) is 3.31. The van der Waals surface area contributed by atoms with Gasteiger partial charge in [0, 0.05) is 27.6 Å². The monoisotopic (exact) mass is 586 g/mol. The smallest absolute Gasteiger partial charge is 0.0541 e. The number of benzene rings is 7. The Kier molecular flexibility index (Phi) is 5.16. The highest BCUT2D eigenvalue weighted by atomic mass is 15.2. The lowest BCUT2D eigenvalue weighted by molar-refractivity contribution is 0.702. The molecular formula is C44H30N2. The van der Waals surface area contributed by atoms with Crippen molar-refractivity contribution in [2.75, 3.05) is 4.90 Å². The topological polar surface area (TPSA) is 8.17 Å². The third-order valence-electron chi connectivity index (χ3n) is 10.4. The second-order valence-electron chi connectivity index (χ2n) is 12.7. The van der Waals surface area contributed by atoms with Gasteiger partial charge < -0.3 is 9.47 Å². The average Bonchev–Trinajstić information content (AvgIpc) is 3.60. The fourth-order valence-electron chi connectivity index (χ4n) is 8.35. The molecule has 0 radical (unpaired) electrons. The number of para-hydroxylation sites is 3. The van der Waals surface area contributed by atoms with Crippen molar-refractivity contribution >= 4 is 38.9 Å². The Morgan fingerprint density at radius 2 is 1.09 bits per heavy atom. The van der Waals surface area contributed by atoms with Crippen LogP contribution in [0.2, 0.25) is 0 Å². The predicted octanol–water partition coefficient (Wildman–Crippen LogP) is 11.6. The van der Waals surface area contributed by atoms with Crippen LogP contribution in [0.15, 0.2) is 164 Å². The quantitative estimate of drug-likeness (QED) is 0.200. The van der Waals surface area contributed by atoms with Crippen LogP contribution < -0.4 is 4.90 Å². The number of aromatic nitrogens is 1. The number of hydrogen-bond donors (Lipinski definition) is 0. The van der Waals surface area contributed by atoms with Crippen LogP contribution in [-0.2, 0) is 5.41 Å². The summed E-state index contributed by atoms with van der Waals surface area (Å²) in [4.78, 5) is 2.46. The first-order chi connectivity index (χ1) is 22.7. The molecule has 2 heterocycles. The molecular weight excluding hydrogens is 556 g/mol. The van der Waals surface area contributed by atoms with Gasteiger partial charge >= 0.3 is 0 Å². The van der Waals surface area contributed by atoms with Gasteiger partial charge in [0.1, 0.15) is 0 Å². The molecule has 10 rings (SSSR count). The molecule has 1 unspecified atom stereocenters. The Bertz CT molecular complexity index is 2490. The largest absolute Gasteiger partial charge is 0.310 e. The SMILES string of the molecule is CC12c3ccccc3-c3cccc(c31)N(c1ccc(-c3ccc4c(c3)c3ccccc3n4-c3ccccc3)cc1)c1ccccc12. The highest BCUT2D eigenvalue weighted by Gasteiger charge is 2.47. The minimum atomic E-state index is -0.191. The maximum absolute atomic E-state index is 2.46. The molecule has 1 aliphatic carbocycles. The summed E-state index contributed by atoms with van der Waals surface area (Å²) in [6.07, 6.45) is 0. The molecule has 0 saturated heterocycles. The van der Waals surface area contributed by atoms with Crippen LogP contribution in [0.1, 0.15) is 23.6 Å². The Hall–Kier alpha value is -5.86. The van der Waals surface area contributed by atoms with Crippen LogP contribution in [0.3, 0.4) is 0 Å². The van der Waals surface area contributed by atoms with Gasteiger partial charge in [-0.05, 0) is 100 Å². The Labute approximate surface area is 268 Å². The van der Waals surface area contributed by atoms with Crippen LogP contribution in [0.25, 0.3) is 49.7 Å². The summed E-state index contributed by atoms with van der Waals surface area (Å²) in [5.74, 6) is 0. The average molecular weight is 587 g/mol. The fraction of sp³-hybridized carbons (Fsp3) is 0.0455. The van der Waals surface area contributed by atoms with Crippen molar-refractivity contribution in [3.8, 4) is 27.9 Å². The maximum Gasteiger partial charge on any atom is 0.0541 e. The van der Waals surface area contributed by atoms with Crippen molar-refractivity contribution in [3.05, 3.63) is 180 Å². The number of hydrogen-bond acceptors (Lipinski definition) is 1. The zero-order valence-electron chi connectivity index (χ0n) is 25.5. The molecule has 1 atom stereocenters. The van der Waals surface area contributed by atoms with E-state index in [9.17, 15) is 0 Å². The van der Waals surface area contributed by atoms with E-state index >= 15 is 0 Å². The van der Waals surface area contributed by atoms with Gasteiger partial charge in [-0.1, -0.05) is 109 Å². The zero-order chi connectivity index (χ0) is 30.4. The molecule has 2 heteroatoms. The predicted molar refractivity (Wildman–Crippen MR) is 192 cm³/mol. The second-order valence-corrected chi connectivity index (χ2v) is 12.7. The van der Waals surface area contributed by atoms with Gasteiger partial charge in [0.2, 0.25) is 0 Å². The van der Waals surface area contributed by atoms with E-state index in [2.05, 4.69) is 180 Å². The number of fused-ring (bicyclic) bond motifs is 8. The maximum atomic E-state index is 2.46. The van der Waals surface area contributed by atoms with E-state index < -0.39 is 0 Å². The molecule has 2 nitrogen and oxygen atoms in total. The molecule has 7 aromatic carbocycles. The molecule has 2 aliphatic rings. The summed E-state index contributed by atoms with van der Waals surface area (Å²) >= 11 is 0. The highest BCUT2D eigenvalue weighted by Crippen LogP contribution is 2.62. The second kappa shape index (κ2) is 9.32. The molecule has 0 N–H and O–H groups in total. The molecule has 8 aromatic rings. The molecule has 0 fully saturated rings. The van der Waals surface area contributed by atoms with Gasteiger partial charge in [0.05, 0.1) is 22.4 Å². The summed E-state index contributed by atoms with van der Waals surface area (Å²) in [7, 11) is 0. The normalized spacial score (nSPS) is 16.0. The number of rotatable bonds is 3. The van der Waals surface area contributed by atoms with E-state index in [4.69, 9.17) is 0 Å². The summed E-state index contributed by atoms with van der Waals surface area (Å²) in [6.45, 7) is 2.41. The lowest BCUT2D eigenvalue weighted by Gasteiger charge is -2.42. The first-order valence-electron chi connectivity index (χ1n) is 16.0. The van der Waals surface area contributed by atoms with Gasteiger partial charge in [-0.3, -0.25) is 0 Å². The Morgan fingerprint density at radius 3 is 1.96 bits per heavy atom. The molecule has 46 heavy (non-hydrogen) atoms. The van der Waals surface area contributed by atoms with Crippen molar-refractivity contribution in [3.63, 3.8) is 0 Å². The standard InChI is InChI=1S/C44H30N2/c1-44-37-17-7-5-14-33(37)35-16-11-21-42(43(35)44)46(41-20-10-8-18-38(41)44)32-25-22-29(23-26-32)30-24-27-40-36(28-30)34-15-6-9-19-39(34)45(40)31-12-3-2-4-13-31/h2-28H,1H3. The van der Waals surface area contributed by atoms with E-state index in [1.54, 1.807) is 0 Å². The molecule has 0 bridgehead atoms. The fourth-order valence-corrected chi connectivity index (χ4v) is 8.35. The van der Waals surface area contributed by atoms with Gasteiger partial charge in [0.25, 0.3) is 0 Å². The van der Waals surface area contributed by atoms with Gasteiger partial charge in [-0.15, -0.1) is 0 Å². The lowest BCUT2D eigenvalue weighted by Crippen LogP contribution is -2.32. The summed E-state index contributed by atoms with van der Waals surface area (Å²) in [5, 5.41) is 2.54. The van der Waals surface area contributed by atoms with Gasteiger partial charge in [-0.25, -0.2) is 0 Å². The minimum absolute atomic E-state index is 0.191. The van der Waals surface area contributed by atoms with Gasteiger partial charge in [-0.2, -0.15) is 0 Å². The van der Waals surface area contributed by atoms with Crippen molar-refractivity contribution in [2.24, 2.45) is 0 Å². The van der Waals surface area contributed by atoms with Crippen LogP contribution in [0.4, 0.5) is 17.1 Å². The van der Waals surface area contributed by atoms with Crippen molar-refractivity contribution in [1.82, 2.24) is 4.57 Å². The summed E-state index contributed by atoms with van der Waals surface area (Å²) in [5.41, 5.74) is 16.4. The third-order valence-corrected chi connectivity index (χ3v) is 10.4. The first kappa shape index (κ1) is 25.5. The highest BCUT2D eigenvalue weighted by molar-refractivity contribution is 6.10. The van der Waals surface area contributed by atoms with Crippen molar-refractivity contribution < 1.29 is 0 Å². The van der Waals surface area contributed by atoms with Crippen LogP contribution in [0, 0.1) is 0 Å².